The second-order valence-electron chi connectivity index (χ2n) is 9.10. The second-order valence-corrected chi connectivity index (χ2v) is 9.54. The molecule has 2 aromatic carbocycles. The maximum Gasteiger partial charge on any atom is 0.250 e. The molecule has 10 nitrogen and oxygen atoms in total. The Hall–Kier alpha value is -3.63. The van der Waals surface area contributed by atoms with Crippen LogP contribution in [0.25, 0.3) is 0 Å². The lowest BCUT2D eigenvalue weighted by molar-refractivity contribution is 0.122. The van der Waals surface area contributed by atoms with E-state index in [4.69, 9.17) is 30.8 Å². The van der Waals surface area contributed by atoms with Gasteiger partial charge in [-0.3, -0.25) is 0 Å². The molecule has 2 fully saturated rings. The third kappa shape index (κ3) is 6.81. The van der Waals surface area contributed by atoms with E-state index >= 15 is 0 Å². The highest BCUT2D eigenvalue weighted by Gasteiger charge is 2.20. The summed E-state index contributed by atoms with van der Waals surface area (Å²) in [5, 5.41) is 5.09. The fraction of sp³-hybridized carbons (Fsp3) is 0.407. The van der Waals surface area contributed by atoms with Crippen molar-refractivity contribution in [1.82, 2.24) is 15.0 Å². The number of rotatable bonds is 9. The minimum absolute atomic E-state index is 0.409. The first-order valence-electron chi connectivity index (χ1n) is 12.9. The Morgan fingerprint density at radius 3 is 2.34 bits per heavy atom. The predicted octanol–water partition coefficient (Wildman–Crippen LogP) is 4.39. The van der Waals surface area contributed by atoms with Gasteiger partial charge in [0.15, 0.2) is 11.5 Å². The van der Waals surface area contributed by atoms with Crippen LogP contribution in [0.1, 0.15) is 30.4 Å². The molecule has 0 radical (unpaired) electrons. The highest BCUT2D eigenvalue weighted by molar-refractivity contribution is 6.30. The summed E-state index contributed by atoms with van der Waals surface area (Å²) in [6, 6.07) is 13.2. The zero-order valence-corrected chi connectivity index (χ0v) is 22.2. The van der Waals surface area contributed by atoms with Gasteiger partial charge in [0.1, 0.15) is 6.61 Å². The van der Waals surface area contributed by atoms with Crippen LogP contribution in [0.15, 0.2) is 47.6 Å². The molecule has 0 spiro atoms. The molecule has 0 saturated carbocycles. The molecule has 0 bridgehead atoms. The molecule has 3 aromatic rings. The highest BCUT2D eigenvalue weighted by Crippen LogP contribution is 2.28. The van der Waals surface area contributed by atoms with Crippen LogP contribution in [0.3, 0.4) is 0 Å². The Bertz CT molecular complexity index is 1190. The summed E-state index contributed by atoms with van der Waals surface area (Å²) < 4.78 is 17.0. The van der Waals surface area contributed by atoms with Crippen molar-refractivity contribution in [3.63, 3.8) is 0 Å². The third-order valence-electron chi connectivity index (χ3n) is 6.42. The molecule has 5 rings (SSSR count). The first kappa shape index (κ1) is 26.0. The number of hydrazone groups is 1. The first-order chi connectivity index (χ1) is 18.7. The van der Waals surface area contributed by atoms with Crippen molar-refractivity contribution in [2.75, 3.05) is 61.7 Å². The van der Waals surface area contributed by atoms with Gasteiger partial charge in [-0.15, -0.1) is 0 Å². The molecule has 200 valence electrons. The van der Waals surface area contributed by atoms with E-state index < -0.39 is 0 Å². The van der Waals surface area contributed by atoms with E-state index in [0.717, 1.165) is 50.1 Å². The number of aromatic nitrogens is 3. The van der Waals surface area contributed by atoms with Crippen LogP contribution < -0.4 is 24.7 Å². The molecule has 38 heavy (non-hydrogen) atoms. The third-order valence-corrected chi connectivity index (χ3v) is 6.67. The molecular formula is C27H32ClN7O3. The fourth-order valence-corrected chi connectivity index (χ4v) is 4.46. The van der Waals surface area contributed by atoms with Gasteiger partial charge in [-0.05, 0) is 60.7 Å². The van der Waals surface area contributed by atoms with Gasteiger partial charge in [-0.1, -0.05) is 23.7 Å². The molecule has 3 heterocycles. The molecular weight excluding hydrogens is 506 g/mol. The van der Waals surface area contributed by atoms with Crippen LogP contribution >= 0.6 is 11.6 Å². The van der Waals surface area contributed by atoms with Crippen LogP contribution in [0.4, 0.5) is 17.8 Å². The average molecular weight is 538 g/mol. The van der Waals surface area contributed by atoms with E-state index in [2.05, 4.69) is 30.3 Å². The topological polar surface area (TPSA) is 97.2 Å². The van der Waals surface area contributed by atoms with Gasteiger partial charge in [0.05, 0.1) is 26.5 Å². The highest BCUT2D eigenvalue weighted by atomic mass is 35.5. The first-order valence-corrected chi connectivity index (χ1v) is 13.2. The van der Waals surface area contributed by atoms with Crippen molar-refractivity contribution in [3.05, 3.63) is 58.6 Å². The maximum absolute atomic E-state index is 5.96. The smallest absolute Gasteiger partial charge is 0.250 e. The summed E-state index contributed by atoms with van der Waals surface area (Å²) in [7, 11) is 1.61. The predicted molar refractivity (Wildman–Crippen MR) is 149 cm³/mol. The monoisotopic (exact) mass is 537 g/mol. The standard InChI is InChI=1S/C27H32ClN7O3/c1-36-24-17-21(7-10-23(24)38-19-20-5-8-22(28)9-6-20)18-29-33-25-30-26(34-11-3-2-4-12-34)32-27(31-25)35-13-15-37-16-14-35/h5-10,17-18H,2-4,11-16,19H2,1H3,(H,30,31,32,33)/b29-18-. The van der Waals surface area contributed by atoms with E-state index in [0.29, 0.717) is 54.2 Å². The molecule has 1 aromatic heterocycles. The summed E-state index contributed by atoms with van der Waals surface area (Å²) in [5.41, 5.74) is 4.85. The summed E-state index contributed by atoms with van der Waals surface area (Å²) >= 11 is 5.96. The number of hydrogen-bond acceptors (Lipinski definition) is 10. The van der Waals surface area contributed by atoms with Crippen LogP contribution in [0, 0.1) is 0 Å². The van der Waals surface area contributed by atoms with E-state index in [1.165, 1.54) is 6.42 Å². The van der Waals surface area contributed by atoms with Gasteiger partial charge < -0.3 is 24.0 Å². The second kappa shape index (κ2) is 12.7. The molecule has 0 aliphatic carbocycles. The number of benzene rings is 2. The van der Waals surface area contributed by atoms with Gasteiger partial charge in [0, 0.05) is 31.2 Å². The quantitative estimate of drug-likeness (QED) is 0.315. The van der Waals surface area contributed by atoms with E-state index in [-0.39, 0.29) is 0 Å². The van der Waals surface area contributed by atoms with E-state index in [1.54, 1.807) is 13.3 Å². The number of halogens is 1. The van der Waals surface area contributed by atoms with Crippen molar-refractivity contribution in [2.45, 2.75) is 25.9 Å². The lowest BCUT2D eigenvalue weighted by Gasteiger charge is -2.30. The zero-order chi connectivity index (χ0) is 26.2. The molecule has 2 saturated heterocycles. The van der Waals surface area contributed by atoms with Crippen molar-refractivity contribution >= 4 is 35.7 Å². The minimum Gasteiger partial charge on any atom is -0.493 e. The Kier molecular flexibility index (Phi) is 8.72. The Balaban J connectivity index is 1.28. The van der Waals surface area contributed by atoms with Crippen LogP contribution in [0.5, 0.6) is 11.5 Å². The molecule has 1 N–H and O–H groups in total. The molecule has 0 amide bonds. The van der Waals surface area contributed by atoms with Gasteiger partial charge >= 0.3 is 0 Å². The number of anilines is 3. The van der Waals surface area contributed by atoms with Gasteiger partial charge in [0.2, 0.25) is 17.8 Å². The summed E-state index contributed by atoms with van der Waals surface area (Å²) in [4.78, 5) is 18.4. The van der Waals surface area contributed by atoms with Crippen LogP contribution in [-0.4, -0.2) is 67.7 Å². The zero-order valence-electron chi connectivity index (χ0n) is 21.5. The average Bonchev–Trinajstić information content (AvgIpc) is 2.98. The molecule has 2 aliphatic rings. The van der Waals surface area contributed by atoms with Crippen LogP contribution in [0.2, 0.25) is 5.02 Å². The number of methoxy groups -OCH3 is 1. The van der Waals surface area contributed by atoms with Gasteiger partial charge in [-0.2, -0.15) is 20.1 Å². The van der Waals surface area contributed by atoms with Crippen LogP contribution in [-0.2, 0) is 11.3 Å². The SMILES string of the molecule is COc1cc(/C=N\Nc2nc(N3CCCCC3)nc(N3CCOCC3)n2)ccc1OCc1ccc(Cl)cc1. The van der Waals surface area contributed by atoms with Gasteiger partial charge in [-0.25, -0.2) is 5.43 Å². The normalized spacial score (nSPS) is 16.1. The van der Waals surface area contributed by atoms with Crippen molar-refractivity contribution in [3.8, 4) is 11.5 Å². The molecule has 2 aliphatic heterocycles. The Morgan fingerprint density at radius 1 is 0.921 bits per heavy atom. The number of nitrogens with zero attached hydrogens (tertiary/aromatic N) is 6. The lowest BCUT2D eigenvalue weighted by atomic mass is 10.1. The lowest BCUT2D eigenvalue weighted by Crippen LogP contribution is -2.38. The Morgan fingerprint density at radius 2 is 1.63 bits per heavy atom. The molecule has 0 unspecified atom stereocenters. The largest absolute Gasteiger partial charge is 0.493 e. The Labute approximate surface area is 227 Å². The van der Waals surface area contributed by atoms with E-state index in [9.17, 15) is 0 Å². The van der Waals surface area contributed by atoms with Crippen molar-refractivity contribution in [2.24, 2.45) is 5.10 Å². The number of piperidine rings is 1. The van der Waals surface area contributed by atoms with E-state index in [1.807, 2.05) is 42.5 Å². The minimum atomic E-state index is 0.409. The molecule has 11 heteroatoms. The summed E-state index contributed by atoms with van der Waals surface area (Å²) in [6.45, 7) is 5.12. The summed E-state index contributed by atoms with van der Waals surface area (Å²) in [5.74, 6) is 3.00. The van der Waals surface area contributed by atoms with Crippen molar-refractivity contribution < 1.29 is 14.2 Å². The van der Waals surface area contributed by atoms with Crippen molar-refractivity contribution in [1.29, 1.82) is 0 Å². The maximum atomic E-state index is 5.96. The molecule has 0 atom stereocenters. The van der Waals surface area contributed by atoms with Gasteiger partial charge in [0.25, 0.3) is 0 Å². The number of nitrogens with one attached hydrogen (secondary N) is 1. The number of hydrogen-bond donors (Lipinski definition) is 1. The number of ether oxygens (including phenoxy) is 3. The number of morpholine rings is 1. The fourth-order valence-electron chi connectivity index (χ4n) is 4.33. The summed E-state index contributed by atoms with van der Waals surface area (Å²) in [6.07, 6.45) is 5.22.